The summed E-state index contributed by atoms with van der Waals surface area (Å²) in [6, 6.07) is 10.1. The first-order valence-corrected chi connectivity index (χ1v) is 11.7. The molecule has 0 fully saturated rings. The molecule has 0 saturated carbocycles. The fourth-order valence-corrected chi connectivity index (χ4v) is 5.08. The predicted molar refractivity (Wildman–Crippen MR) is 118 cm³/mol. The van der Waals surface area contributed by atoms with Gasteiger partial charge in [-0.15, -0.1) is 0 Å². The number of hydrogen-bond acceptors (Lipinski definition) is 4. The van der Waals surface area contributed by atoms with Crippen LogP contribution in [0.25, 0.3) is 10.9 Å². The molecule has 36 heavy (non-hydrogen) atoms. The molecule has 0 radical (unpaired) electrons. The smallest absolute Gasteiger partial charge is 0.420 e. The van der Waals surface area contributed by atoms with E-state index in [1.54, 1.807) is 0 Å². The second kappa shape index (κ2) is 8.77. The highest BCUT2D eigenvalue weighted by Gasteiger charge is 2.42. The van der Waals surface area contributed by atoms with E-state index in [1.165, 1.54) is 43.6 Å². The zero-order chi connectivity index (χ0) is 26.5. The Bertz CT molecular complexity index is 1500. The van der Waals surface area contributed by atoms with Crippen molar-refractivity contribution in [3.8, 4) is 17.2 Å². The van der Waals surface area contributed by atoms with Crippen molar-refractivity contribution in [2.24, 2.45) is 0 Å². The van der Waals surface area contributed by atoms with Crippen molar-refractivity contribution in [3.05, 3.63) is 77.5 Å². The molecule has 0 unspecified atom stereocenters. The van der Waals surface area contributed by atoms with E-state index in [2.05, 4.69) is 4.98 Å². The van der Waals surface area contributed by atoms with Gasteiger partial charge in [-0.1, -0.05) is 0 Å². The lowest BCUT2D eigenvalue weighted by Gasteiger charge is -2.20. The van der Waals surface area contributed by atoms with Crippen molar-refractivity contribution in [2.45, 2.75) is 29.1 Å². The minimum Gasteiger partial charge on any atom is -0.497 e. The highest BCUT2D eigenvalue weighted by Crippen LogP contribution is 2.47. The van der Waals surface area contributed by atoms with Crippen LogP contribution in [0.5, 0.6) is 17.2 Å². The van der Waals surface area contributed by atoms with Crippen LogP contribution in [-0.4, -0.2) is 20.5 Å². The van der Waals surface area contributed by atoms with Gasteiger partial charge in [-0.05, 0) is 67.1 Å². The van der Waals surface area contributed by atoms with Gasteiger partial charge in [-0.25, -0.2) is 8.42 Å². The quantitative estimate of drug-likeness (QED) is 0.279. The van der Waals surface area contributed by atoms with E-state index in [0.29, 0.717) is 17.9 Å². The molecule has 0 bridgehead atoms. The van der Waals surface area contributed by atoms with Gasteiger partial charge in [0.05, 0.1) is 28.0 Å². The summed E-state index contributed by atoms with van der Waals surface area (Å²) in [6.45, 7) is 1.11. The number of alkyl halides is 6. The maximum absolute atomic E-state index is 13.6. The van der Waals surface area contributed by atoms with E-state index in [4.69, 9.17) is 9.47 Å². The van der Waals surface area contributed by atoms with E-state index in [0.717, 1.165) is 19.1 Å². The number of sulfone groups is 1. The first-order valence-electron chi connectivity index (χ1n) is 10.2. The summed E-state index contributed by atoms with van der Waals surface area (Å²) >= 11 is 0. The Hall–Kier alpha value is -3.67. The van der Waals surface area contributed by atoms with Crippen LogP contribution in [-0.2, 0) is 22.2 Å². The number of halogens is 6. The van der Waals surface area contributed by atoms with E-state index >= 15 is 0 Å². The largest absolute Gasteiger partial charge is 0.497 e. The van der Waals surface area contributed by atoms with Crippen molar-refractivity contribution < 1.29 is 44.2 Å². The molecule has 0 spiro atoms. The Labute approximate surface area is 201 Å². The molecule has 0 saturated heterocycles. The van der Waals surface area contributed by atoms with Crippen LogP contribution in [0, 0.1) is 6.92 Å². The minimum atomic E-state index is -5.14. The van der Waals surface area contributed by atoms with Crippen molar-refractivity contribution in [2.75, 3.05) is 7.11 Å². The fraction of sp³-hybridized carbons (Fsp3) is 0.167. The van der Waals surface area contributed by atoms with Gasteiger partial charge < -0.3 is 14.5 Å². The summed E-state index contributed by atoms with van der Waals surface area (Å²) in [5.74, 6) is -1.41. The summed E-state index contributed by atoms with van der Waals surface area (Å²) in [4.78, 5) is 2.41. The van der Waals surface area contributed by atoms with Crippen LogP contribution >= 0.6 is 0 Å². The van der Waals surface area contributed by atoms with E-state index in [9.17, 15) is 34.8 Å². The van der Waals surface area contributed by atoms with Crippen LogP contribution in [0.4, 0.5) is 26.3 Å². The highest BCUT2D eigenvalue weighted by molar-refractivity contribution is 7.91. The molecule has 4 aromatic rings. The Morgan fingerprint density at radius 3 is 1.89 bits per heavy atom. The molecule has 0 amide bonds. The molecule has 1 N–H and O–H groups in total. The summed E-state index contributed by atoms with van der Waals surface area (Å²) in [5, 5.41) is 0.0255. The lowest BCUT2D eigenvalue weighted by atomic mass is 10.0. The Balaban J connectivity index is 1.84. The van der Waals surface area contributed by atoms with E-state index < -0.39 is 44.8 Å². The molecular formula is C24H17F6NO4S. The van der Waals surface area contributed by atoms with Crippen LogP contribution in [0.2, 0.25) is 0 Å². The number of nitrogens with one attached hydrogen (secondary N) is 1. The summed E-state index contributed by atoms with van der Waals surface area (Å²) in [6.07, 6.45) is -9.09. The Morgan fingerprint density at radius 2 is 1.36 bits per heavy atom. The lowest BCUT2D eigenvalue weighted by Crippen LogP contribution is -2.14. The van der Waals surface area contributed by atoms with Crippen molar-refractivity contribution in [1.82, 2.24) is 4.98 Å². The maximum Gasteiger partial charge on any atom is 0.420 e. The fourth-order valence-electron chi connectivity index (χ4n) is 3.66. The third-order valence-corrected chi connectivity index (χ3v) is 7.15. The molecule has 1 aromatic heterocycles. The van der Waals surface area contributed by atoms with Gasteiger partial charge in [0.15, 0.2) is 5.75 Å². The van der Waals surface area contributed by atoms with Crippen molar-refractivity contribution in [3.63, 3.8) is 0 Å². The zero-order valence-electron chi connectivity index (χ0n) is 18.6. The normalized spacial score (nSPS) is 12.7. The van der Waals surface area contributed by atoms with Gasteiger partial charge >= 0.3 is 12.4 Å². The van der Waals surface area contributed by atoms with Gasteiger partial charge in [0.2, 0.25) is 9.84 Å². The molecule has 4 rings (SSSR count). The van der Waals surface area contributed by atoms with Gasteiger partial charge in [0, 0.05) is 17.1 Å². The lowest BCUT2D eigenvalue weighted by molar-refractivity contribution is -0.145. The van der Waals surface area contributed by atoms with Crippen LogP contribution in [0.1, 0.15) is 16.7 Å². The number of fused-ring (bicyclic) bond motifs is 1. The first-order chi connectivity index (χ1) is 16.7. The van der Waals surface area contributed by atoms with Crippen molar-refractivity contribution >= 4 is 20.7 Å². The maximum atomic E-state index is 13.6. The number of H-pyrrole nitrogens is 1. The first kappa shape index (κ1) is 25.4. The molecule has 0 aliphatic carbocycles. The number of hydrogen-bond donors (Lipinski definition) is 1. The van der Waals surface area contributed by atoms with Crippen LogP contribution in [0.15, 0.2) is 70.6 Å². The molecule has 0 aliphatic heterocycles. The van der Waals surface area contributed by atoms with Gasteiger partial charge in [-0.3, -0.25) is 0 Å². The molecule has 0 atom stereocenters. The average molecular weight is 529 g/mol. The molecule has 0 aliphatic rings. The number of benzene rings is 3. The SMILES string of the molecule is COc1ccc(S(=O)(=O)c2c[nH]c3ccc(Oc4c(C(F)(F)F)cc(C)cc4C(F)(F)F)cc23)cc1. The summed E-state index contributed by atoms with van der Waals surface area (Å²) in [7, 11) is -2.70. The molecular weight excluding hydrogens is 512 g/mol. The minimum absolute atomic E-state index is 0.0255. The highest BCUT2D eigenvalue weighted by atomic mass is 32.2. The molecule has 1 heterocycles. The number of aryl methyl sites for hydroxylation is 1. The van der Waals surface area contributed by atoms with Crippen LogP contribution < -0.4 is 9.47 Å². The predicted octanol–water partition coefficient (Wildman–Crippen LogP) is 7.15. The van der Waals surface area contributed by atoms with Crippen molar-refractivity contribution in [1.29, 1.82) is 0 Å². The second-order valence-electron chi connectivity index (χ2n) is 7.83. The number of ether oxygens (including phenoxy) is 2. The number of aromatic amines is 1. The zero-order valence-corrected chi connectivity index (χ0v) is 19.4. The molecule has 12 heteroatoms. The number of aromatic nitrogens is 1. The third kappa shape index (κ3) is 4.72. The van der Waals surface area contributed by atoms with Crippen LogP contribution in [0.3, 0.4) is 0 Å². The summed E-state index contributed by atoms with van der Waals surface area (Å²) in [5.41, 5.74) is -3.17. The van der Waals surface area contributed by atoms with Gasteiger partial charge in [-0.2, -0.15) is 26.3 Å². The van der Waals surface area contributed by atoms with Gasteiger partial charge in [0.25, 0.3) is 0 Å². The third-order valence-electron chi connectivity index (χ3n) is 5.34. The second-order valence-corrected chi connectivity index (χ2v) is 9.74. The van der Waals surface area contributed by atoms with E-state index in [1.807, 2.05) is 0 Å². The summed E-state index contributed by atoms with van der Waals surface area (Å²) < 4.78 is 118. The number of methoxy groups -OCH3 is 1. The number of rotatable bonds is 5. The monoisotopic (exact) mass is 529 g/mol. The average Bonchev–Trinajstić information content (AvgIpc) is 3.22. The standard InChI is InChI=1S/C24H17F6NO4S/c1-13-9-18(23(25,26)27)22(19(10-13)24(28,29)30)35-15-5-8-20-17(11-15)21(12-31-20)36(32,33)16-6-3-14(34-2)4-7-16/h3-12,31H,1-2H3. The molecule has 5 nitrogen and oxygen atoms in total. The molecule has 190 valence electrons. The topological polar surface area (TPSA) is 68.4 Å². The Kier molecular flexibility index (Phi) is 6.19. The Morgan fingerprint density at radius 1 is 0.806 bits per heavy atom. The molecule has 3 aromatic carbocycles. The van der Waals surface area contributed by atoms with Gasteiger partial charge in [0.1, 0.15) is 11.5 Å². The van der Waals surface area contributed by atoms with E-state index in [-0.39, 0.29) is 26.3 Å².